The number of nitrogens with one attached hydrogen (secondary N) is 2. The molecule has 0 spiro atoms. The summed E-state index contributed by atoms with van der Waals surface area (Å²) >= 11 is 0. The van der Waals surface area contributed by atoms with Crippen LogP contribution in [0.3, 0.4) is 0 Å². The van der Waals surface area contributed by atoms with E-state index in [2.05, 4.69) is 24.8 Å². The third kappa shape index (κ3) is 2.66. The number of hydrogen-bond acceptors (Lipinski definition) is 2. The zero-order valence-corrected chi connectivity index (χ0v) is 8.38. The lowest BCUT2D eigenvalue weighted by molar-refractivity contribution is -0.881. The molecule has 1 saturated heterocycles. The number of hydrogen-bond donors (Lipinski definition) is 1. The number of piperazine rings is 1. The third-order valence-corrected chi connectivity index (χ3v) is 2.68. The first kappa shape index (κ1) is 10.5. The zero-order chi connectivity index (χ0) is 9.84. The molecule has 1 heterocycles. The van der Waals surface area contributed by atoms with Crippen molar-refractivity contribution in [3.63, 3.8) is 0 Å². The van der Waals surface area contributed by atoms with Crippen LogP contribution >= 0.6 is 0 Å². The van der Waals surface area contributed by atoms with Crippen LogP contribution in [0.1, 0.15) is 20.3 Å². The molecule has 0 radical (unpaired) electrons. The molecule has 74 valence electrons. The molecular weight excluding hydrogens is 164 g/mol. The van der Waals surface area contributed by atoms with Crippen LogP contribution < -0.4 is 5.01 Å². The maximum atomic E-state index is 8.60. The molecule has 4 heteroatoms. The highest BCUT2D eigenvalue weighted by atomic mass is 15.5. The van der Waals surface area contributed by atoms with Crippen molar-refractivity contribution in [1.82, 2.24) is 4.90 Å². The largest absolute Gasteiger partial charge is 0.469 e. The lowest BCUT2D eigenvalue weighted by Crippen LogP contribution is -3.13. The van der Waals surface area contributed by atoms with E-state index >= 15 is 0 Å². The standard InChI is InChI=1S/C9H18N4/c1-8(2)12-5-6-13(11)9(7-12)3-4-10/h8-9,11,13H,3,5-7H2,1-2H3/t9-/m0/s1. The van der Waals surface area contributed by atoms with Crippen LogP contribution in [0.25, 0.3) is 5.84 Å². The van der Waals surface area contributed by atoms with Crippen molar-refractivity contribution in [1.29, 1.82) is 5.26 Å². The van der Waals surface area contributed by atoms with Crippen LogP contribution in [0.15, 0.2) is 0 Å². The Balaban J connectivity index is 2.48. The Hall–Kier alpha value is -0.630. The minimum Gasteiger partial charge on any atom is -0.469 e. The van der Waals surface area contributed by atoms with Gasteiger partial charge in [-0.1, -0.05) is 0 Å². The van der Waals surface area contributed by atoms with Gasteiger partial charge in [0.15, 0.2) is 0 Å². The van der Waals surface area contributed by atoms with Gasteiger partial charge in [0.1, 0.15) is 6.04 Å². The number of nitriles is 1. The second-order valence-electron chi connectivity index (χ2n) is 3.92. The molecule has 0 aliphatic carbocycles. The van der Waals surface area contributed by atoms with Crippen molar-refractivity contribution in [3.8, 4) is 6.07 Å². The van der Waals surface area contributed by atoms with Gasteiger partial charge in [0, 0.05) is 12.6 Å². The van der Waals surface area contributed by atoms with E-state index in [1.54, 1.807) is 0 Å². The summed E-state index contributed by atoms with van der Waals surface area (Å²) in [6.07, 6.45) is 0.502. The molecule has 1 aliphatic heterocycles. The molecule has 2 N–H and O–H groups in total. The van der Waals surface area contributed by atoms with E-state index in [0.717, 1.165) is 24.6 Å². The van der Waals surface area contributed by atoms with Gasteiger partial charge in [-0.3, -0.25) is 4.90 Å². The van der Waals surface area contributed by atoms with Crippen LogP contribution in [0.2, 0.25) is 0 Å². The Morgan fingerprint density at radius 3 is 2.92 bits per heavy atom. The molecule has 1 rings (SSSR count). The van der Waals surface area contributed by atoms with Crippen molar-refractivity contribution >= 4 is 0 Å². The first-order chi connectivity index (χ1) is 6.15. The molecule has 0 aromatic carbocycles. The maximum absolute atomic E-state index is 8.60. The van der Waals surface area contributed by atoms with Crippen molar-refractivity contribution in [2.45, 2.75) is 32.4 Å². The highest BCUT2D eigenvalue weighted by Crippen LogP contribution is 2.03. The molecule has 1 aliphatic rings. The second-order valence-corrected chi connectivity index (χ2v) is 3.92. The van der Waals surface area contributed by atoms with Crippen molar-refractivity contribution in [3.05, 3.63) is 5.84 Å². The SMILES string of the molecule is CC(C)N1CC[NH+]([NH-])[C@@H](CC#N)C1. The summed E-state index contributed by atoms with van der Waals surface area (Å²) in [5.74, 6) is 7.70. The Morgan fingerprint density at radius 1 is 1.69 bits per heavy atom. The van der Waals surface area contributed by atoms with E-state index in [1.165, 1.54) is 0 Å². The van der Waals surface area contributed by atoms with Crippen molar-refractivity contribution < 1.29 is 5.01 Å². The van der Waals surface area contributed by atoms with Gasteiger partial charge in [0.2, 0.25) is 0 Å². The lowest BCUT2D eigenvalue weighted by atomic mass is 10.1. The van der Waals surface area contributed by atoms with Gasteiger partial charge in [0.25, 0.3) is 0 Å². The molecule has 0 aromatic heterocycles. The van der Waals surface area contributed by atoms with Crippen molar-refractivity contribution in [2.24, 2.45) is 0 Å². The van der Waals surface area contributed by atoms with Crippen molar-refractivity contribution in [2.75, 3.05) is 19.6 Å². The second kappa shape index (κ2) is 4.56. The first-order valence-electron chi connectivity index (χ1n) is 4.83. The topological polar surface area (TPSA) is 55.3 Å². The first-order valence-corrected chi connectivity index (χ1v) is 4.83. The summed E-state index contributed by atoms with van der Waals surface area (Å²) < 4.78 is 0. The molecule has 0 bridgehead atoms. The fraction of sp³-hybridized carbons (Fsp3) is 0.889. The Bertz CT molecular complexity index is 196. The Kier molecular flexibility index (Phi) is 3.67. The van der Waals surface area contributed by atoms with Gasteiger partial charge in [0.05, 0.1) is 25.6 Å². The summed E-state index contributed by atoms with van der Waals surface area (Å²) in [5.41, 5.74) is 0. The molecule has 4 nitrogen and oxygen atoms in total. The molecule has 1 unspecified atom stereocenters. The van der Waals surface area contributed by atoms with E-state index in [9.17, 15) is 0 Å². The summed E-state index contributed by atoms with van der Waals surface area (Å²) in [7, 11) is 0. The van der Waals surface area contributed by atoms with Gasteiger partial charge in [-0.25, -0.2) is 0 Å². The van der Waals surface area contributed by atoms with Gasteiger partial charge < -0.3 is 10.9 Å². The van der Waals surface area contributed by atoms with E-state index in [4.69, 9.17) is 11.1 Å². The fourth-order valence-corrected chi connectivity index (χ4v) is 1.72. The zero-order valence-electron chi connectivity index (χ0n) is 8.38. The predicted molar refractivity (Wildman–Crippen MR) is 50.9 cm³/mol. The summed E-state index contributed by atoms with van der Waals surface area (Å²) in [6.45, 7) is 7.05. The van der Waals surface area contributed by atoms with Crippen LogP contribution in [-0.4, -0.2) is 36.6 Å². The van der Waals surface area contributed by atoms with Crippen LogP contribution in [0.4, 0.5) is 0 Å². The molecule has 0 aromatic rings. The Labute approximate surface area is 79.9 Å². The molecule has 1 fully saturated rings. The van der Waals surface area contributed by atoms with Crippen LogP contribution in [0, 0.1) is 11.3 Å². The average Bonchev–Trinajstić information content (AvgIpc) is 2.08. The normalized spacial score (nSPS) is 30.4. The quantitative estimate of drug-likeness (QED) is 0.645. The highest BCUT2D eigenvalue weighted by Gasteiger charge is 2.26. The molecular formula is C9H18N4. The average molecular weight is 182 g/mol. The third-order valence-electron chi connectivity index (χ3n) is 2.68. The molecule has 2 atom stereocenters. The van der Waals surface area contributed by atoms with Gasteiger partial charge >= 0.3 is 0 Å². The van der Waals surface area contributed by atoms with Crippen LogP contribution in [-0.2, 0) is 0 Å². The van der Waals surface area contributed by atoms with Gasteiger partial charge in [-0.05, 0) is 13.8 Å². The lowest BCUT2D eigenvalue weighted by Gasteiger charge is -2.41. The molecule has 0 amide bonds. The highest BCUT2D eigenvalue weighted by molar-refractivity contribution is 4.81. The van der Waals surface area contributed by atoms with Gasteiger partial charge in [-0.15, -0.1) is 0 Å². The van der Waals surface area contributed by atoms with E-state index < -0.39 is 0 Å². The van der Waals surface area contributed by atoms with E-state index in [-0.39, 0.29) is 6.04 Å². The maximum Gasteiger partial charge on any atom is 0.105 e. The number of rotatable bonds is 2. The molecule has 0 saturated carbocycles. The predicted octanol–water partition coefficient (Wildman–Crippen LogP) is -0.155. The van der Waals surface area contributed by atoms with Crippen LogP contribution in [0.5, 0.6) is 0 Å². The summed E-state index contributed by atoms with van der Waals surface area (Å²) in [4.78, 5) is 2.35. The smallest absolute Gasteiger partial charge is 0.105 e. The summed E-state index contributed by atoms with van der Waals surface area (Å²) in [5, 5.41) is 9.36. The molecule has 13 heavy (non-hydrogen) atoms. The minimum absolute atomic E-state index is 0.182. The minimum atomic E-state index is 0.182. The monoisotopic (exact) mass is 182 g/mol. The van der Waals surface area contributed by atoms with E-state index in [0.29, 0.717) is 12.5 Å². The number of quaternary nitrogens is 1. The summed E-state index contributed by atoms with van der Waals surface area (Å²) in [6, 6.07) is 2.88. The Morgan fingerprint density at radius 2 is 2.38 bits per heavy atom. The fourth-order valence-electron chi connectivity index (χ4n) is 1.72. The number of nitrogens with zero attached hydrogens (tertiary/aromatic N) is 2. The van der Waals surface area contributed by atoms with Gasteiger partial charge in [-0.2, -0.15) is 5.26 Å². The van der Waals surface area contributed by atoms with E-state index in [1.807, 2.05) is 0 Å².